The Kier molecular flexibility index (Phi) is 18.4. The van der Waals surface area contributed by atoms with E-state index in [1.807, 2.05) is 60.7 Å². The average molecular weight is 690 g/mol. The van der Waals surface area contributed by atoms with E-state index in [1.54, 1.807) is 6.07 Å². The maximum Gasteiger partial charge on any atom is 0.144 e. The Morgan fingerprint density at radius 2 is 0.980 bits per heavy atom. The highest BCUT2D eigenvalue weighted by molar-refractivity contribution is 5.47. The van der Waals surface area contributed by atoms with Gasteiger partial charge in [0.1, 0.15) is 29.3 Å². The van der Waals surface area contributed by atoms with Crippen LogP contribution in [0.15, 0.2) is 109 Å². The van der Waals surface area contributed by atoms with Crippen LogP contribution in [-0.4, -0.2) is 12.7 Å². The van der Waals surface area contributed by atoms with E-state index >= 15 is 0 Å². The highest BCUT2D eigenvalue weighted by Gasteiger charge is 2.38. The first-order valence-electron chi connectivity index (χ1n) is 19.8. The zero-order chi connectivity index (χ0) is 35.8. The van der Waals surface area contributed by atoms with Gasteiger partial charge in [-0.15, -0.1) is 0 Å². The highest BCUT2D eigenvalue weighted by atomic mass is 19.1. The quantitative estimate of drug-likeness (QED) is 0.0487. The van der Waals surface area contributed by atoms with Crippen LogP contribution < -0.4 is 4.74 Å². The summed E-state index contributed by atoms with van der Waals surface area (Å²) in [6.45, 7) is 2.59. The Morgan fingerprint density at radius 3 is 1.37 bits per heavy atom. The fourth-order valence-electron chi connectivity index (χ4n) is 7.11. The van der Waals surface area contributed by atoms with E-state index in [-0.39, 0.29) is 11.7 Å². The summed E-state index contributed by atoms with van der Waals surface area (Å²) in [5.74, 6) is -0.156. The van der Waals surface area contributed by atoms with E-state index in [9.17, 15) is 9.65 Å². The van der Waals surface area contributed by atoms with Crippen LogP contribution in [0.1, 0.15) is 145 Å². The molecule has 0 bridgehead atoms. The number of hydrogen-bond acceptors (Lipinski definition) is 3. The fraction of sp³-hybridized carbons (Fsp3) is 0.468. The minimum atomic E-state index is -0.866. The lowest BCUT2D eigenvalue weighted by Gasteiger charge is -2.37. The zero-order valence-corrected chi connectivity index (χ0v) is 31.0. The van der Waals surface area contributed by atoms with Gasteiger partial charge in [0.25, 0.3) is 0 Å². The Morgan fingerprint density at radius 1 is 0.569 bits per heavy atom. The Hall–Kier alpha value is -3.94. The average Bonchev–Trinajstić information content (AvgIpc) is 3.17. The molecular weight excluding hydrogens is 630 g/mol. The smallest absolute Gasteiger partial charge is 0.144 e. The molecule has 51 heavy (non-hydrogen) atoms. The summed E-state index contributed by atoms with van der Waals surface area (Å²) >= 11 is 0. The summed E-state index contributed by atoms with van der Waals surface area (Å²) in [4.78, 5) is 0. The molecule has 4 heteroatoms. The molecule has 0 spiro atoms. The molecule has 0 N–H and O–H groups in total. The van der Waals surface area contributed by atoms with Gasteiger partial charge in [0.05, 0.1) is 12.2 Å². The third-order valence-corrected chi connectivity index (χ3v) is 10.0. The van der Waals surface area contributed by atoms with E-state index in [4.69, 9.17) is 9.47 Å². The number of unbranched alkanes of at least 4 members (excludes halogenated alkanes) is 16. The number of halogens is 1. The van der Waals surface area contributed by atoms with Gasteiger partial charge in [-0.1, -0.05) is 201 Å². The first kappa shape index (κ1) is 39.8. The molecule has 0 aliphatic carbocycles. The van der Waals surface area contributed by atoms with Crippen LogP contribution in [0.2, 0.25) is 0 Å². The lowest BCUT2D eigenvalue weighted by molar-refractivity contribution is -0.0330. The first-order valence-corrected chi connectivity index (χ1v) is 19.8. The minimum absolute atomic E-state index is 0.0135. The van der Waals surface area contributed by atoms with Crippen molar-refractivity contribution in [2.45, 2.75) is 134 Å². The van der Waals surface area contributed by atoms with Crippen molar-refractivity contribution in [1.29, 1.82) is 5.26 Å². The van der Waals surface area contributed by atoms with Crippen molar-refractivity contribution in [3.63, 3.8) is 0 Å². The molecule has 0 aromatic heterocycles. The molecule has 272 valence electrons. The van der Waals surface area contributed by atoms with Crippen LogP contribution in [0.3, 0.4) is 0 Å². The maximum atomic E-state index is 14.6. The molecule has 4 rings (SSSR count). The van der Waals surface area contributed by atoms with E-state index in [0.29, 0.717) is 12.4 Å². The number of nitriles is 1. The van der Waals surface area contributed by atoms with Crippen molar-refractivity contribution in [2.24, 2.45) is 0 Å². The second-order valence-electron chi connectivity index (χ2n) is 14.0. The number of ether oxygens (including phenoxy) is 2. The van der Waals surface area contributed by atoms with Gasteiger partial charge in [-0.2, -0.15) is 5.26 Å². The molecule has 0 saturated heterocycles. The molecule has 1 unspecified atom stereocenters. The van der Waals surface area contributed by atoms with Crippen molar-refractivity contribution in [1.82, 2.24) is 0 Å². The second-order valence-corrected chi connectivity index (χ2v) is 14.0. The second kappa shape index (κ2) is 23.5. The molecule has 3 nitrogen and oxygen atoms in total. The lowest BCUT2D eigenvalue weighted by atomic mass is 9.80. The van der Waals surface area contributed by atoms with E-state index in [0.717, 1.165) is 36.0 Å². The third-order valence-electron chi connectivity index (χ3n) is 10.0. The predicted molar refractivity (Wildman–Crippen MR) is 209 cm³/mol. The largest absolute Gasteiger partial charge is 0.488 e. The van der Waals surface area contributed by atoms with Crippen LogP contribution in [0, 0.1) is 17.1 Å². The van der Waals surface area contributed by atoms with Crippen LogP contribution in [0.4, 0.5) is 4.39 Å². The van der Waals surface area contributed by atoms with Crippen molar-refractivity contribution in [2.75, 3.05) is 6.61 Å². The van der Waals surface area contributed by atoms with E-state index in [2.05, 4.69) is 43.3 Å². The summed E-state index contributed by atoms with van der Waals surface area (Å²) < 4.78 is 28.2. The van der Waals surface area contributed by atoms with Gasteiger partial charge >= 0.3 is 0 Å². The Balaban J connectivity index is 1.32. The van der Waals surface area contributed by atoms with Gasteiger partial charge in [0.15, 0.2) is 0 Å². The summed E-state index contributed by atoms with van der Waals surface area (Å²) in [7, 11) is 0. The zero-order valence-electron chi connectivity index (χ0n) is 31.0. The molecule has 0 saturated carbocycles. The number of rotatable bonds is 26. The van der Waals surface area contributed by atoms with E-state index < -0.39 is 11.4 Å². The van der Waals surface area contributed by atoms with Gasteiger partial charge in [-0.25, -0.2) is 4.39 Å². The van der Waals surface area contributed by atoms with Gasteiger partial charge in [-0.05, 0) is 41.7 Å². The molecule has 0 radical (unpaired) electrons. The Bertz CT molecular complexity index is 1420. The summed E-state index contributed by atoms with van der Waals surface area (Å²) in [5, 5.41) is 9.25. The topological polar surface area (TPSA) is 42.2 Å². The van der Waals surface area contributed by atoms with Gasteiger partial charge in [-0.3, -0.25) is 0 Å². The first-order chi connectivity index (χ1) is 25.2. The third kappa shape index (κ3) is 13.3. The molecule has 0 amide bonds. The van der Waals surface area contributed by atoms with Crippen LogP contribution in [-0.2, 0) is 10.3 Å². The molecule has 1 atom stereocenters. The molecule has 0 fully saturated rings. The van der Waals surface area contributed by atoms with Crippen molar-refractivity contribution in [3.05, 3.63) is 137 Å². The lowest BCUT2D eigenvalue weighted by Crippen LogP contribution is -2.37. The van der Waals surface area contributed by atoms with Gasteiger partial charge in [0.2, 0.25) is 0 Å². The normalized spacial score (nSPS) is 12.0. The van der Waals surface area contributed by atoms with Crippen molar-refractivity contribution in [3.8, 4) is 11.8 Å². The fourth-order valence-corrected chi connectivity index (χ4v) is 7.11. The molecule has 4 aromatic rings. The van der Waals surface area contributed by atoms with Crippen LogP contribution in [0.5, 0.6) is 5.75 Å². The summed E-state index contributed by atoms with van der Waals surface area (Å²) in [6, 6.07) is 37.4. The number of nitrogens with zero attached hydrogens (tertiary/aromatic N) is 1. The van der Waals surface area contributed by atoms with E-state index in [1.165, 1.54) is 108 Å². The molecule has 0 heterocycles. The molecular formula is C47H60FNO2. The standard InChI is InChI=1S/C47H60FNO2/c1-2-3-4-5-6-7-8-9-10-11-12-13-14-15-16-17-27-34-45(51-44-36-35-40(38-49)46(48)37-44)39-50-47(41-28-21-18-22-29-41,42-30-23-19-24-31-42)43-32-25-20-26-33-43/h18-26,28-33,35-37,45H,2-17,27,34,39H2,1H3. The Labute approximate surface area is 308 Å². The molecule has 4 aromatic carbocycles. The minimum Gasteiger partial charge on any atom is -0.488 e. The molecule has 0 aliphatic heterocycles. The molecule has 0 aliphatic rings. The van der Waals surface area contributed by atoms with Crippen LogP contribution in [0.25, 0.3) is 0 Å². The number of hydrogen-bond donors (Lipinski definition) is 0. The number of benzene rings is 4. The summed E-state index contributed by atoms with van der Waals surface area (Å²) in [5.41, 5.74) is 2.24. The monoisotopic (exact) mass is 689 g/mol. The SMILES string of the molecule is CCCCCCCCCCCCCCCCCCCC(COC(c1ccccc1)(c1ccccc1)c1ccccc1)Oc1ccc(C#N)c(F)c1. The summed E-state index contributed by atoms with van der Waals surface area (Å²) in [6.07, 6.45) is 23.1. The highest BCUT2D eigenvalue weighted by Crippen LogP contribution is 2.41. The predicted octanol–water partition coefficient (Wildman–Crippen LogP) is 13.5. The van der Waals surface area contributed by atoms with Crippen LogP contribution >= 0.6 is 0 Å². The maximum absolute atomic E-state index is 14.6. The van der Waals surface area contributed by atoms with Gasteiger partial charge in [0, 0.05) is 6.07 Å². The van der Waals surface area contributed by atoms with Gasteiger partial charge < -0.3 is 9.47 Å². The van der Waals surface area contributed by atoms with Crippen molar-refractivity contribution < 1.29 is 13.9 Å². The van der Waals surface area contributed by atoms with Crippen molar-refractivity contribution >= 4 is 0 Å².